The maximum atomic E-state index is 13.8. The second kappa shape index (κ2) is 12.4. The van der Waals surface area contributed by atoms with Crippen molar-refractivity contribution in [2.24, 2.45) is 0 Å². The molecule has 1 atom stereocenters. The first-order valence-electron chi connectivity index (χ1n) is 14.1. The number of H-pyrrole nitrogens is 1. The van der Waals surface area contributed by atoms with Crippen molar-refractivity contribution in [2.75, 3.05) is 7.05 Å². The maximum Gasteiger partial charge on any atom is 0.416 e. The number of alkyl halides is 6. The molecular weight excluding hydrogens is 560 g/mol. The molecule has 2 aromatic carbocycles. The summed E-state index contributed by atoms with van der Waals surface area (Å²) < 4.78 is 81.2. The second-order valence-corrected chi connectivity index (χ2v) is 11.3. The Bertz CT molecular complexity index is 1370. The molecule has 1 saturated carbocycles. The fraction of sp³-hybridized carbons (Fsp3) is 0.484. The molecule has 42 heavy (non-hydrogen) atoms. The van der Waals surface area contributed by atoms with Crippen molar-refractivity contribution in [3.8, 4) is 0 Å². The fourth-order valence-corrected chi connectivity index (χ4v) is 5.93. The molecule has 1 unspecified atom stereocenters. The van der Waals surface area contributed by atoms with Gasteiger partial charge < -0.3 is 14.8 Å². The van der Waals surface area contributed by atoms with Crippen LogP contribution in [-0.4, -0.2) is 51.8 Å². The maximum absolute atomic E-state index is 13.8. The molecule has 1 aliphatic carbocycles. The molecule has 0 radical (unpaired) electrons. The van der Waals surface area contributed by atoms with Gasteiger partial charge in [-0.2, -0.15) is 26.3 Å². The number of hydrogen-bond donors (Lipinski definition) is 1. The minimum Gasteiger partial charge on any atom is -0.361 e. The predicted octanol–water partition coefficient (Wildman–Crippen LogP) is 7.85. The Morgan fingerprint density at radius 1 is 0.929 bits per heavy atom. The summed E-state index contributed by atoms with van der Waals surface area (Å²) in [6.45, 7) is 3.83. The predicted molar refractivity (Wildman–Crippen MR) is 148 cm³/mol. The van der Waals surface area contributed by atoms with Gasteiger partial charge in [0.2, 0.25) is 5.91 Å². The highest BCUT2D eigenvalue weighted by atomic mass is 19.4. The van der Waals surface area contributed by atoms with Crippen molar-refractivity contribution < 1.29 is 35.9 Å². The summed E-state index contributed by atoms with van der Waals surface area (Å²) in [5.74, 6) is -1.24. The first kappa shape index (κ1) is 31.4. The summed E-state index contributed by atoms with van der Waals surface area (Å²) in [6, 6.07) is 7.35. The lowest BCUT2D eigenvalue weighted by Gasteiger charge is -2.39. The number of likely N-dealkylation sites (N-methyl/N-ethyl adjacent to an activating group) is 1. The first-order chi connectivity index (χ1) is 19.7. The van der Waals surface area contributed by atoms with Crippen molar-refractivity contribution in [1.82, 2.24) is 14.8 Å². The molecule has 1 aromatic heterocycles. The minimum atomic E-state index is -5.09. The van der Waals surface area contributed by atoms with Gasteiger partial charge in [-0.1, -0.05) is 37.5 Å². The highest BCUT2D eigenvalue weighted by molar-refractivity contribution is 5.95. The zero-order valence-electron chi connectivity index (χ0n) is 23.8. The molecule has 1 N–H and O–H groups in total. The number of fused-ring (bicyclic) bond motifs is 1. The van der Waals surface area contributed by atoms with Crippen molar-refractivity contribution in [3.63, 3.8) is 0 Å². The lowest BCUT2D eigenvalue weighted by Crippen LogP contribution is -2.49. The van der Waals surface area contributed by atoms with Gasteiger partial charge in [0.05, 0.1) is 11.1 Å². The molecule has 1 fully saturated rings. The number of halogens is 6. The van der Waals surface area contributed by atoms with Crippen molar-refractivity contribution >= 4 is 22.7 Å². The summed E-state index contributed by atoms with van der Waals surface area (Å²) in [6.07, 6.45) is -3.61. The molecule has 1 heterocycles. The minimum absolute atomic E-state index is 0.00554. The number of carbonyl (C=O) groups is 2. The summed E-state index contributed by atoms with van der Waals surface area (Å²) in [5.41, 5.74) is -2.28. The number of aromatic nitrogens is 1. The van der Waals surface area contributed by atoms with Crippen LogP contribution in [0.3, 0.4) is 0 Å². The van der Waals surface area contributed by atoms with Crippen LogP contribution in [0.15, 0.2) is 48.7 Å². The van der Waals surface area contributed by atoms with Crippen LogP contribution < -0.4 is 0 Å². The number of aromatic amines is 1. The number of amides is 2. The molecule has 0 saturated heterocycles. The Kier molecular flexibility index (Phi) is 9.27. The van der Waals surface area contributed by atoms with E-state index in [-0.39, 0.29) is 36.9 Å². The molecule has 0 spiro atoms. The van der Waals surface area contributed by atoms with Crippen molar-refractivity contribution in [1.29, 1.82) is 0 Å². The lowest BCUT2D eigenvalue weighted by molar-refractivity contribution is -0.143. The molecule has 0 bridgehead atoms. The molecule has 3 aromatic rings. The molecule has 5 nitrogen and oxygen atoms in total. The van der Waals surface area contributed by atoms with Crippen LogP contribution in [0, 0.1) is 0 Å². The van der Waals surface area contributed by atoms with Gasteiger partial charge in [0.15, 0.2) is 0 Å². The van der Waals surface area contributed by atoms with Crippen molar-refractivity contribution in [2.45, 2.75) is 89.3 Å². The van der Waals surface area contributed by atoms with Crippen molar-refractivity contribution in [3.05, 3.63) is 70.9 Å². The lowest BCUT2D eigenvalue weighted by atomic mass is 9.92. The highest BCUT2D eigenvalue weighted by Gasteiger charge is 2.39. The van der Waals surface area contributed by atoms with E-state index in [4.69, 9.17) is 0 Å². The SMILES string of the molecule is CC(C)N(C(=O)CC(Cc1c[nH]c2ccccc12)N(C)C(=O)c1cc(C(F)(F)F)cc(C(F)(F)F)c1)C1CCCCC1. The van der Waals surface area contributed by atoms with Crippen LogP contribution in [0.1, 0.15) is 79.4 Å². The molecular formula is C31H35F6N3O2. The zero-order chi connectivity index (χ0) is 30.8. The van der Waals surface area contributed by atoms with E-state index in [1.807, 2.05) is 43.0 Å². The Morgan fingerprint density at radius 2 is 1.52 bits per heavy atom. The number of carbonyl (C=O) groups excluding carboxylic acids is 2. The third-order valence-electron chi connectivity index (χ3n) is 8.06. The van der Waals surface area contributed by atoms with E-state index in [2.05, 4.69) is 4.98 Å². The van der Waals surface area contributed by atoms with Crippen LogP contribution in [0.5, 0.6) is 0 Å². The van der Waals surface area contributed by atoms with Gasteiger partial charge in [-0.15, -0.1) is 0 Å². The number of nitrogens with one attached hydrogen (secondary N) is 1. The van der Waals surface area contributed by atoms with Crippen LogP contribution in [0.4, 0.5) is 26.3 Å². The topological polar surface area (TPSA) is 56.4 Å². The Hall–Kier alpha value is -3.50. The van der Waals surface area contributed by atoms with Crippen LogP contribution in [0.25, 0.3) is 10.9 Å². The Morgan fingerprint density at radius 3 is 2.10 bits per heavy atom. The number of benzene rings is 2. The summed E-state index contributed by atoms with van der Waals surface area (Å²) in [4.78, 5) is 33.5. The summed E-state index contributed by atoms with van der Waals surface area (Å²) in [7, 11) is 1.32. The largest absolute Gasteiger partial charge is 0.416 e. The molecule has 1 aliphatic rings. The zero-order valence-corrected chi connectivity index (χ0v) is 23.8. The van der Waals surface area contributed by atoms with Gasteiger partial charge in [0.25, 0.3) is 5.91 Å². The van der Waals surface area contributed by atoms with Crippen LogP contribution >= 0.6 is 0 Å². The third kappa shape index (κ3) is 7.10. The van der Waals surface area contributed by atoms with E-state index in [1.54, 1.807) is 6.20 Å². The van der Waals surface area contributed by atoms with Gasteiger partial charge in [-0.3, -0.25) is 9.59 Å². The monoisotopic (exact) mass is 595 g/mol. The molecule has 228 valence electrons. The van der Waals surface area contributed by atoms with E-state index in [0.717, 1.165) is 53.5 Å². The first-order valence-corrected chi connectivity index (χ1v) is 14.1. The smallest absolute Gasteiger partial charge is 0.361 e. The fourth-order valence-electron chi connectivity index (χ4n) is 5.93. The molecule has 4 rings (SSSR count). The highest BCUT2D eigenvalue weighted by Crippen LogP contribution is 2.37. The summed E-state index contributed by atoms with van der Waals surface area (Å²) in [5, 5.41) is 0.849. The second-order valence-electron chi connectivity index (χ2n) is 11.3. The molecule has 0 aliphatic heterocycles. The van der Waals surface area contributed by atoms with Crippen LogP contribution in [0.2, 0.25) is 0 Å². The van der Waals surface area contributed by atoms with Gasteiger partial charge in [0.1, 0.15) is 0 Å². The Balaban J connectivity index is 1.71. The quantitative estimate of drug-likeness (QED) is 0.270. The van der Waals surface area contributed by atoms with E-state index >= 15 is 0 Å². The number of nitrogens with zero attached hydrogens (tertiary/aromatic N) is 2. The number of hydrogen-bond acceptors (Lipinski definition) is 2. The van der Waals surface area contributed by atoms with Gasteiger partial charge in [-0.05, 0) is 62.9 Å². The van der Waals surface area contributed by atoms with Gasteiger partial charge in [-0.25, -0.2) is 0 Å². The normalized spacial score (nSPS) is 15.7. The van der Waals surface area contributed by atoms with Gasteiger partial charge in [0, 0.05) is 54.3 Å². The van der Waals surface area contributed by atoms with Gasteiger partial charge >= 0.3 is 12.4 Å². The van der Waals surface area contributed by atoms with E-state index in [9.17, 15) is 35.9 Å². The molecule has 11 heteroatoms. The Labute approximate surface area is 240 Å². The van der Waals surface area contributed by atoms with E-state index in [0.29, 0.717) is 12.1 Å². The van der Waals surface area contributed by atoms with E-state index in [1.165, 1.54) is 7.05 Å². The standard InChI is InChI=1S/C31H35F6N3O2/c1-19(2)40(24-9-5-4-6-10-24)28(41)17-25(15-21-18-38-27-12-8-7-11-26(21)27)39(3)29(42)20-13-22(30(32,33)34)16-23(14-20)31(35,36)37/h7-8,11-14,16,18-19,24-25,38H,4-6,9-10,15,17H2,1-3H3. The third-order valence-corrected chi connectivity index (χ3v) is 8.06. The average Bonchev–Trinajstić information content (AvgIpc) is 3.34. The average molecular weight is 596 g/mol. The number of para-hydroxylation sites is 1. The number of rotatable bonds is 8. The van der Waals surface area contributed by atoms with Crippen LogP contribution in [-0.2, 0) is 23.6 Å². The van der Waals surface area contributed by atoms with E-state index < -0.39 is 41.0 Å². The summed E-state index contributed by atoms with van der Waals surface area (Å²) >= 11 is 0. The molecule has 2 amide bonds.